The zero-order valence-corrected chi connectivity index (χ0v) is 17.0. The molecule has 0 radical (unpaired) electrons. The van der Waals surface area contributed by atoms with E-state index in [1.165, 1.54) is 18.7 Å². The number of carbonyl (C=O) groups is 3. The average Bonchev–Trinajstić information content (AvgIpc) is 2.73. The predicted octanol–water partition coefficient (Wildman–Crippen LogP) is 3.09. The lowest BCUT2D eigenvalue weighted by molar-refractivity contribution is -0.152. The summed E-state index contributed by atoms with van der Waals surface area (Å²) in [6.07, 6.45) is -0.949. The highest BCUT2D eigenvalue weighted by Gasteiger charge is 2.25. The Morgan fingerprint density at radius 2 is 1.90 bits per heavy atom. The third kappa shape index (κ3) is 5.29. The molecule has 2 aromatic rings. The molecule has 1 aliphatic heterocycles. The lowest BCUT2D eigenvalue weighted by Crippen LogP contribution is -2.38. The molecule has 152 valence electrons. The van der Waals surface area contributed by atoms with Gasteiger partial charge in [-0.1, -0.05) is 12.1 Å². The largest absolute Gasteiger partial charge is 0.497 e. The molecule has 1 heterocycles. The summed E-state index contributed by atoms with van der Waals surface area (Å²) >= 11 is 1.48. The number of nitrogens with zero attached hydrogens (tertiary/aromatic N) is 1. The van der Waals surface area contributed by atoms with E-state index in [-0.39, 0.29) is 18.9 Å². The summed E-state index contributed by atoms with van der Waals surface area (Å²) in [5.74, 6) is -0.00100. The fourth-order valence-electron chi connectivity index (χ4n) is 2.83. The lowest BCUT2D eigenvalue weighted by Gasteiger charge is -2.28. The number of ether oxygens (including phenoxy) is 2. The van der Waals surface area contributed by atoms with Gasteiger partial charge in [0.2, 0.25) is 5.91 Å². The van der Waals surface area contributed by atoms with Crippen LogP contribution >= 0.6 is 11.8 Å². The lowest BCUT2D eigenvalue weighted by atomic mass is 10.2. The summed E-state index contributed by atoms with van der Waals surface area (Å²) < 4.78 is 10.3. The molecule has 0 spiro atoms. The predicted molar refractivity (Wildman–Crippen MR) is 111 cm³/mol. The van der Waals surface area contributed by atoms with Gasteiger partial charge in [-0.25, -0.2) is 0 Å². The van der Waals surface area contributed by atoms with E-state index >= 15 is 0 Å². The fourth-order valence-corrected chi connectivity index (χ4v) is 3.77. The van der Waals surface area contributed by atoms with E-state index in [0.29, 0.717) is 17.2 Å². The Labute approximate surface area is 173 Å². The number of amides is 2. The molecule has 1 N–H and O–H groups in total. The number of fused-ring (bicyclic) bond motifs is 1. The van der Waals surface area contributed by atoms with Crippen molar-refractivity contribution in [1.29, 1.82) is 0 Å². The first-order chi connectivity index (χ1) is 14.0. The molecule has 1 aliphatic rings. The summed E-state index contributed by atoms with van der Waals surface area (Å²) in [4.78, 5) is 39.3. The minimum absolute atomic E-state index is 0.00486. The first-order valence-corrected chi connectivity index (χ1v) is 10.1. The first-order valence-electron chi connectivity index (χ1n) is 9.14. The van der Waals surface area contributed by atoms with Gasteiger partial charge in [-0.05, 0) is 43.3 Å². The Kier molecular flexibility index (Phi) is 6.77. The van der Waals surface area contributed by atoms with E-state index in [4.69, 9.17) is 9.47 Å². The molecule has 7 nitrogen and oxygen atoms in total. The second-order valence-electron chi connectivity index (χ2n) is 6.40. The van der Waals surface area contributed by atoms with Crippen LogP contribution in [0.4, 0.5) is 11.4 Å². The van der Waals surface area contributed by atoms with Crippen molar-refractivity contribution in [3.63, 3.8) is 0 Å². The molecule has 0 bridgehead atoms. The third-order valence-corrected chi connectivity index (χ3v) is 5.43. The molecule has 0 aliphatic carbocycles. The highest BCUT2D eigenvalue weighted by Crippen LogP contribution is 2.34. The fraction of sp³-hybridized carbons (Fsp3) is 0.286. The van der Waals surface area contributed by atoms with E-state index in [0.717, 1.165) is 10.6 Å². The molecule has 2 amide bonds. The maximum absolute atomic E-state index is 12.2. The summed E-state index contributed by atoms with van der Waals surface area (Å²) in [6.45, 7) is 1.72. The number of benzene rings is 2. The Morgan fingerprint density at radius 3 is 2.62 bits per heavy atom. The van der Waals surface area contributed by atoms with Gasteiger partial charge in [0.25, 0.3) is 5.91 Å². The molecule has 3 rings (SSSR count). The van der Waals surface area contributed by atoms with Gasteiger partial charge in [0.05, 0.1) is 25.0 Å². The van der Waals surface area contributed by atoms with Crippen LogP contribution in [0.3, 0.4) is 0 Å². The van der Waals surface area contributed by atoms with Crippen LogP contribution in [0, 0.1) is 0 Å². The summed E-state index contributed by atoms with van der Waals surface area (Å²) in [6, 6.07) is 14.4. The van der Waals surface area contributed by atoms with E-state index in [1.807, 2.05) is 24.3 Å². The van der Waals surface area contributed by atoms with Crippen molar-refractivity contribution >= 4 is 40.9 Å². The van der Waals surface area contributed by atoms with Crippen molar-refractivity contribution in [2.75, 3.05) is 29.6 Å². The van der Waals surface area contributed by atoms with Crippen molar-refractivity contribution < 1.29 is 23.9 Å². The maximum Gasteiger partial charge on any atom is 0.308 e. The van der Waals surface area contributed by atoms with Crippen LogP contribution in [0.25, 0.3) is 0 Å². The standard InChI is InChI=1S/C21H22N2O5S/c1-14(21(26)22-15-7-9-16(27-2)10-8-15)28-20(25)11-12-23-17-5-3-4-6-18(17)29-13-19(23)24/h3-10,14H,11-13H2,1-2H3,(H,22,26)/t14-/m0/s1. The zero-order chi connectivity index (χ0) is 20.8. The van der Waals surface area contributed by atoms with Crippen molar-refractivity contribution in [2.45, 2.75) is 24.3 Å². The highest BCUT2D eigenvalue weighted by molar-refractivity contribution is 8.00. The topological polar surface area (TPSA) is 84.9 Å². The Morgan fingerprint density at radius 1 is 1.17 bits per heavy atom. The van der Waals surface area contributed by atoms with Crippen LogP contribution in [0.1, 0.15) is 13.3 Å². The number of esters is 1. The van der Waals surface area contributed by atoms with Crippen molar-refractivity contribution in [2.24, 2.45) is 0 Å². The molecule has 0 unspecified atom stereocenters. The van der Waals surface area contributed by atoms with Crippen LogP contribution < -0.4 is 15.0 Å². The Bertz CT molecular complexity index is 900. The van der Waals surface area contributed by atoms with Gasteiger partial charge in [-0.15, -0.1) is 11.8 Å². The van der Waals surface area contributed by atoms with Gasteiger partial charge in [-0.3, -0.25) is 14.4 Å². The molecule has 0 fully saturated rings. The van der Waals surface area contributed by atoms with E-state index in [1.54, 1.807) is 36.3 Å². The second-order valence-corrected chi connectivity index (χ2v) is 7.42. The third-order valence-electron chi connectivity index (χ3n) is 4.38. The Balaban J connectivity index is 1.51. The van der Waals surface area contributed by atoms with Crippen LogP contribution in [0.15, 0.2) is 53.4 Å². The number of anilines is 2. The zero-order valence-electron chi connectivity index (χ0n) is 16.2. The van der Waals surface area contributed by atoms with Crippen molar-refractivity contribution in [1.82, 2.24) is 0 Å². The SMILES string of the molecule is COc1ccc(NC(=O)[C@H](C)OC(=O)CCN2C(=O)CSc3ccccc32)cc1. The van der Waals surface area contributed by atoms with Gasteiger partial charge in [-0.2, -0.15) is 0 Å². The van der Waals surface area contributed by atoms with Gasteiger partial charge in [0, 0.05) is 17.1 Å². The average molecular weight is 414 g/mol. The van der Waals surface area contributed by atoms with Crippen LogP contribution in [-0.4, -0.2) is 43.3 Å². The number of rotatable bonds is 7. The minimum atomic E-state index is -0.954. The molecule has 0 aromatic heterocycles. The number of hydrogen-bond acceptors (Lipinski definition) is 6. The summed E-state index contributed by atoms with van der Waals surface area (Å²) in [5.41, 5.74) is 1.37. The maximum atomic E-state index is 12.2. The quantitative estimate of drug-likeness (QED) is 0.701. The van der Waals surface area contributed by atoms with Gasteiger partial charge < -0.3 is 19.7 Å². The normalized spacial score (nSPS) is 14.0. The monoisotopic (exact) mass is 414 g/mol. The van der Waals surface area contributed by atoms with Crippen LogP contribution in [0.2, 0.25) is 0 Å². The number of para-hydroxylation sites is 1. The second kappa shape index (κ2) is 9.47. The summed E-state index contributed by atoms with van der Waals surface area (Å²) in [5, 5.41) is 2.68. The van der Waals surface area contributed by atoms with Crippen molar-refractivity contribution in [3.8, 4) is 5.75 Å². The molecule has 29 heavy (non-hydrogen) atoms. The van der Waals surface area contributed by atoms with Crippen LogP contribution in [0.5, 0.6) is 5.75 Å². The van der Waals surface area contributed by atoms with Gasteiger partial charge >= 0.3 is 5.97 Å². The number of carbonyl (C=O) groups excluding carboxylic acids is 3. The smallest absolute Gasteiger partial charge is 0.308 e. The van der Waals surface area contributed by atoms with E-state index in [9.17, 15) is 14.4 Å². The molecule has 2 aromatic carbocycles. The van der Waals surface area contributed by atoms with Gasteiger partial charge in [0.15, 0.2) is 6.10 Å². The number of nitrogens with one attached hydrogen (secondary N) is 1. The Hall–Kier alpha value is -3.00. The molecular formula is C21H22N2O5S. The van der Waals surface area contributed by atoms with Crippen LogP contribution in [-0.2, 0) is 19.1 Å². The van der Waals surface area contributed by atoms with Crippen molar-refractivity contribution in [3.05, 3.63) is 48.5 Å². The van der Waals surface area contributed by atoms with Gasteiger partial charge in [0.1, 0.15) is 5.75 Å². The summed E-state index contributed by atoms with van der Waals surface area (Å²) in [7, 11) is 1.56. The molecule has 0 saturated carbocycles. The van der Waals surface area contributed by atoms with E-state index in [2.05, 4.69) is 5.32 Å². The number of methoxy groups -OCH3 is 1. The minimum Gasteiger partial charge on any atom is -0.497 e. The first kappa shape index (κ1) is 20.7. The molecular weight excluding hydrogens is 392 g/mol. The van der Waals surface area contributed by atoms with E-state index < -0.39 is 18.0 Å². The molecule has 1 atom stereocenters. The number of thioether (sulfide) groups is 1. The number of hydrogen-bond donors (Lipinski definition) is 1. The highest BCUT2D eigenvalue weighted by atomic mass is 32.2. The molecule has 0 saturated heterocycles. The molecule has 8 heteroatoms.